The Balaban J connectivity index is 1.82. The van der Waals surface area contributed by atoms with E-state index in [1.807, 2.05) is 31.4 Å². The van der Waals surface area contributed by atoms with Crippen LogP contribution in [0.5, 0.6) is 0 Å². The van der Waals surface area contributed by atoms with Crippen molar-refractivity contribution >= 4 is 34.9 Å². The number of amidine groups is 1. The van der Waals surface area contributed by atoms with E-state index in [2.05, 4.69) is 38.7 Å². The van der Waals surface area contributed by atoms with Gasteiger partial charge in [-0.2, -0.15) is 0 Å². The molecule has 1 saturated carbocycles. The van der Waals surface area contributed by atoms with E-state index in [1.54, 1.807) is 42.0 Å². The summed E-state index contributed by atoms with van der Waals surface area (Å²) in [5.74, 6) is 6.92. The number of hydrogen-bond donors (Lipinski definition) is 4. The van der Waals surface area contributed by atoms with Crippen LogP contribution in [0, 0.1) is 18.3 Å². The smallest absolute Gasteiger partial charge is 0.255 e. The molecule has 1 aliphatic rings. The number of aryl methyl sites for hydroxylation is 1. The van der Waals surface area contributed by atoms with Crippen LogP contribution in [-0.4, -0.2) is 29.9 Å². The first-order valence-corrected chi connectivity index (χ1v) is 13.2. The maximum atomic E-state index is 13.2. The van der Waals surface area contributed by atoms with Gasteiger partial charge in [-0.25, -0.2) is 5.84 Å². The minimum Gasteiger partial charge on any atom is -0.396 e. The number of carbonyl (C=O) groups is 1. The number of rotatable bonds is 8. The molecule has 1 amide bonds. The number of hydrazine groups is 1. The van der Waals surface area contributed by atoms with Crippen LogP contribution < -0.4 is 21.9 Å². The van der Waals surface area contributed by atoms with Gasteiger partial charge in [0.2, 0.25) is 0 Å². The lowest BCUT2D eigenvalue weighted by Gasteiger charge is -2.24. The van der Waals surface area contributed by atoms with Crippen molar-refractivity contribution in [1.29, 1.82) is 5.41 Å². The molecule has 36 heavy (non-hydrogen) atoms. The zero-order chi connectivity index (χ0) is 26.8. The molecule has 6 N–H and O–H groups in total. The van der Waals surface area contributed by atoms with Gasteiger partial charge in [-0.15, -0.1) is 11.8 Å². The van der Waals surface area contributed by atoms with Gasteiger partial charge in [0.25, 0.3) is 5.91 Å². The van der Waals surface area contributed by atoms with E-state index in [0.717, 1.165) is 34.6 Å². The van der Waals surface area contributed by atoms with Crippen LogP contribution >= 0.6 is 11.8 Å². The van der Waals surface area contributed by atoms with Gasteiger partial charge in [-0.05, 0) is 66.8 Å². The van der Waals surface area contributed by atoms with Gasteiger partial charge in [0.15, 0.2) is 0 Å². The van der Waals surface area contributed by atoms with E-state index >= 15 is 0 Å². The highest BCUT2D eigenvalue weighted by Crippen LogP contribution is 2.33. The summed E-state index contributed by atoms with van der Waals surface area (Å²) in [7, 11) is 1.79. The highest BCUT2D eigenvalue weighted by Gasteiger charge is 2.30. The van der Waals surface area contributed by atoms with Crippen molar-refractivity contribution in [2.24, 2.45) is 17.5 Å². The molecule has 7 nitrogen and oxygen atoms in total. The average Bonchev–Trinajstić information content (AvgIpc) is 3.67. The molecule has 0 atom stereocenters. The molecule has 0 radical (unpaired) electrons. The number of nitrogens with two attached hydrogens (primary N) is 2. The van der Waals surface area contributed by atoms with Gasteiger partial charge < -0.3 is 16.0 Å². The summed E-state index contributed by atoms with van der Waals surface area (Å²) < 4.78 is 0. The number of hydrogen-bond acceptors (Lipinski definition) is 6. The third-order valence-electron chi connectivity index (χ3n) is 6.40. The molecule has 8 heteroatoms. The predicted molar refractivity (Wildman–Crippen MR) is 152 cm³/mol. The van der Waals surface area contributed by atoms with Gasteiger partial charge in [0, 0.05) is 29.6 Å². The quantitative estimate of drug-likeness (QED) is 0.0929. The van der Waals surface area contributed by atoms with Gasteiger partial charge >= 0.3 is 0 Å². The largest absolute Gasteiger partial charge is 0.396 e. The number of amides is 1. The Morgan fingerprint density at radius 1 is 1.22 bits per heavy atom. The summed E-state index contributed by atoms with van der Waals surface area (Å²) in [5.41, 5.74) is 11.0. The third-order valence-corrected chi connectivity index (χ3v) is 7.20. The fourth-order valence-corrected chi connectivity index (χ4v) is 4.29. The van der Waals surface area contributed by atoms with Gasteiger partial charge in [0.1, 0.15) is 5.84 Å². The van der Waals surface area contributed by atoms with Crippen LogP contribution in [-0.2, 0) is 5.41 Å². The van der Waals surface area contributed by atoms with Crippen LogP contribution in [0.1, 0.15) is 55.1 Å². The molecule has 0 aromatic heterocycles. The van der Waals surface area contributed by atoms with Crippen molar-refractivity contribution in [2.75, 3.05) is 23.6 Å². The predicted octanol–water partition coefficient (Wildman–Crippen LogP) is 5.58. The van der Waals surface area contributed by atoms with Crippen molar-refractivity contribution in [2.45, 2.75) is 50.8 Å². The molecule has 2 aromatic carbocycles. The average molecular weight is 507 g/mol. The fraction of sp³-hybridized carbons (Fsp3) is 0.357. The Bertz CT molecular complexity index is 1210. The van der Waals surface area contributed by atoms with Crippen molar-refractivity contribution in [3.63, 3.8) is 0 Å². The van der Waals surface area contributed by atoms with E-state index in [0.29, 0.717) is 28.5 Å². The normalized spacial score (nSPS) is 13.8. The lowest BCUT2D eigenvalue weighted by molar-refractivity contribution is 0.102. The van der Waals surface area contributed by atoms with E-state index < -0.39 is 0 Å². The monoisotopic (exact) mass is 506 g/mol. The van der Waals surface area contributed by atoms with Gasteiger partial charge in [-0.1, -0.05) is 39.5 Å². The summed E-state index contributed by atoms with van der Waals surface area (Å²) in [6.07, 6.45) is 5.61. The second-order valence-corrected chi connectivity index (χ2v) is 11.1. The Labute approximate surface area is 219 Å². The maximum absolute atomic E-state index is 13.2. The molecule has 1 fully saturated rings. The highest BCUT2D eigenvalue weighted by atomic mass is 32.2. The van der Waals surface area contributed by atoms with Crippen molar-refractivity contribution in [3.8, 4) is 0 Å². The molecule has 3 rings (SSSR count). The number of nitrogens with zero attached hydrogens (tertiary/aromatic N) is 2. The molecule has 0 saturated heterocycles. The minimum atomic E-state index is -0.218. The number of carbonyl (C=O) groups excluding carboxylic acids is 1. The number of nitrogens with one attached hydrogen (secondary N) is 2. The third kappa shape index (κ3) is 6.30. The zero-order valence-corrected chi connectivity index (χ0v) is 22.9. The highest BCUT2D eigenvalue weighted by molar-refractivity contribution is 7.98. The van der Waals surface area contributed by atoms with Crippen molar-refractivity contribution < 1.29 is 4.79 Å². The fourth-order valence-electron chi connectivity index (χ4n) is 3.76. The Hall–Kier alpha value is -3.23. The number of benzene rings is 2. The first-order chi connectivity index (χ1) is 16.8. The van der Waals surface area contributed by atoms with E-state index in [-0.39, 0.29) is 17.2 Å². The van der Waals surface area contributed by atoms with Crippen LogP contribution in [0.2, 0.25) is 0 Å². The molecule has 0 bridgehead atoms. The van der Waals surface area contributed by atoms with Crippen molar-refractivity contribution in [3.05, 3.63) is 77.3 Å². The lowest BCUT2D eigenvalue weighted by atomic mass is 9.87. The SMILES string of the molecule is C=C(/C(N)=C/N(N)c1cc(C(=O)Nc2cc(C(C)(C)C)ccc2SC)ccc1C)N(C)C(=N)C1CC1. The van der Waals surface area contributed by atoms with Gasteiger partial charge in [-0.3, -0.25) is 15.2 Å². The van der Waals surface area contributed by atoms with Crippen LogP contribution in [0.3, 0.4) is 0 Å². The second-order valence-electron chi connectivity index (χ2n) is 10.3. The standard InChI is InChI=1S/C28H38N6OS/c1-17-8-9-20(27(35)32-23-15-21(28(3,4)5)12-13-25(23)36-7)14-24(17)34(31)16-22(29)18(2)33(6)26(30)19-10-11-19/h8-9,12-16,19,30H,2,10-11,29,31H2,1,3-7H3,(H,32,35)/b22-16-,30-26?. The zero-order valence-electron chi connectivity index (χ0n) is 22.1. The molecule has 2 aromatic rings. The number of thioether (sulfide) groups is 1. The van der Waals surface area contributed by atoms with Crippen LogP contribution in [0.4, 0.5) is 11.4 Å². The minimum absolute atomic E-state index is 0.0328. The molecule has 0 heterocycles. The Kier molecular flexibility index (Phi) is 8.21. The topological polar surface area (TPSA) is 111 Å². The van der Waals surface area contributed by atoms with E-state index in [1.165, 1.54) is 5.01 Å². The molecule has 0 aliphatic heterocycles. The van der Waals surface area contributed by atoms with Crippen LogP contribution in [0.25, 0.3) is 0 Å². The molecular formula is C28H38N6OS. The number of likely N-dealkylation sites (N-methyl/N-ethyl adjacent to an activating group) is 1. The summed E-state index contributed by atoms with van der Waals surface area (Å²) in [6.45, 7) is 12.4. The summed E-state index contributed by atoms with van der Waals surface area (Å²) >= 11 is 1.59. The molecule has 192 valence electrons. The summed E-state index contributed by atoms with van der Waals surface area (Å²) in [4.78, 5) is 15.9. The summed E-state index contributed by atoms with van der Waals surface area (Å²) in [6, 6.07) is 11.6. The molecule has 1 aliphatic carbocycles. The van der Waals surface area contributed by atoms with Crippen molar-refractivity contribution in [1.82, 2.24) is 4.90 Å². The molecule has 0 unspecified atom stereocenters. The molecular weight excluding hydrogens is 468 g/mol. The first-order valence-electron chi connectivity index (χ1n) is 12.0. The molecule has 0 spiro atoms. The first kappa shape index (κ1) is 27.4. The Morgan fingerprint density at radius 2 is 1.89 bits per heavy atom. The lowest BCUT2D eigenvalue weighted by Crippen LogP contribution is -2.32. The van der Waals surface area contributed by atoms with Gasteiger partial charge in [0.05, 0.1) is 22.8 Å². The van der Waals surface area contributed by atoms with Crippen LogP contribution in [0.15, 0.2) is 65.5 Å². The number of anilines is 2. The van der Waals surface area contributed by atoms with E-state index in [4.69, 9.17) is 17.0 Å². The Morgan fingerprint density at radius 3 is 2.47 bits per heavy atom. The van der Waals surface area contributed by atoms with E-state index in [9.17, 15) is 4.79 Å². The second kappa shape index (κ2) is 10.8. The summed E-state index contributed by atoms with van der Waals surface area (Å²) in [5, 5.41) is 12.7. The maximum Gasteiger partial charge on any atom is 0.255 e.